The number of allylic oxidation sites excluding steroid dienone is 3. The molecule has 0 saturated heterocycles. The second-order valence-electron chi connectivity index (χ2n) is 9.58. The number of aliphatic hydroxyl groups is 1. The third-order valence-corrected chi connectivity index (χ3v) is 6.77. The fourth-order valence-electron chi connectivity index (χ4n) is 4.61. The van der Waals surface area contributed by atoms with E-state index in [0.29, 0.717) is 12.3 Å². The number of aliphatic hydroxyl groups excluding tert-OH is 1. The van der Waals surface area contributed by atoms with E-state index in [0.717, 1.165) is 43.6 Å². The molecule has 0 aromatic carbocycles. The molecular weight excluding hydrogens is 444 g/mol. The molecule has 3 unspecified atom stereocenters. The second kappa shape index (κ2) is 18.0. The summed E-state index contributed by atoms with van der Waals surface area (Å²) >= 11 is 0. The molecule has 0 aliphatic heterocycles. The van der Waals surface area contributed by atoms with Crippen LogP contribution in [0.1, 0.15) is 91.4 Å². The van der Waals surface area contributed by atoms with Gasteiger partial charge >= 0.3 is 5.97 Å². The molecule has 7 N–H and O–H groups in total. The molecule has 8 heteroatoms. The van der Waals surface area contributed by atoms with Crippen molar-refractivity contribution in [2.75, 3.05) is 6.54 Å². The van der Waals surface area contributed by atoms with E-state index < -0.39 is 18.1 Å². The number of carboxylic acid groups (broad SMARTS) is 1. The summed E-state index contributed by atoms with van der Waals surface area (Å²) in [7, 11) is 0. The van der Waals surface area contributed by atoms with Crippen molar-refractivity contribution in [3.8, 4) is 0 Å². The zero-order valence-electron chi connectivity index (χ0n) is 21.9. The van der Waals surface area contributed by atoms with Gasteiger partial charge < -0.3 is 26.1 Å². The number of nitrogens with zero attached hydrogens (tertiary/aromatic N) is 1. The van der Waals surface area contributed by atoms with Crippen LogP contribution in [0.2, 0.25) is 0 Å². The molecule has 1 aliphatic carbocycles. The number of nitrogens with two attached hydrogens (primary N) is 2. The van der Waals surface area contributed by atoms with E-state index in [1.807, 2.05) is 19.1 Å². The predicted molar refractivity (Wildman–Crippen MR) is 142 cm³/mol. The molecular formula is C27H48N4O4. The van der Waals surface area contributed by atoms with Crippen molar-refractivity contribution in [2.45, 2.75) is 104 Å². The SMILES string of the molecule is C/C=C/C(=C\C(NC(N)=NC/C=C(\ON)C(O)CCC(C)C1CCCCC1)C(=O)O)CCCCC. The third kappa shape index (κ3) is 12.8. The van der Waals surface area contributed by atoms with Crippen molar-refractivity contribution in [2.24, 2.45) is 28.5 Å². The topological polar surface area (TPSA) is 143 Å². The van der Waals surface area contributed by atoms with Crippen LogP contribution in [0.4, 0.5) is 0 Å². The number of unbranched alkanes of at least 4 members (excludes halogenated alkanes) is 2. The van der Waals surface area contributed by atoms with Gasteiger partial charge in [0.2, 0.25) is 0 Å². The lowest BCUT2D eigenvalue weighted by Crippen LogP contribution is -2.43. The van der Waals surface area contributed by atoms with Crippen molar-refractivity contribution in [3.05, 3.63) is 35.6 Å². The Hall–Kier alpha value is -2.32. The Morgan fingerprint density at radius 3 is 2.54 bits per heavy atom. The smallest absolute Gasteiger partial charge is 0.330 e. The van der Waals surface area contributed by atoms with Gasteiger partial charge in [0.25, 0.3) is 0 Å². The predicted octanol–water partition coefficient (Wildman–Crippen LogP) is 4.56. The third-order valence-electron chi connectivity index (χ3n) is 6.77. The van der Waals surface area contributed by atoms with E-state index in [4.69, 9.17) is 16.5 Å². The number of rotatable bonds is 16. The molecule has 1 aliphatic rings. The lowest BCUT2D eigenvalue weighted by Gasteiger charge is -2.28. The molecule has 200 valence electrons. The van der Waals surface area contributed by atoms with E-state index in [1.165, 1.54) is 32.1 Å². The highest BCUT2D eigenvalue weighted by atomic mass is 16.6. The van der Waals surface area contributed by atoms with Crippen LogP contribution in [0, 0.1) is 11.8 Å². The maximum Gasteiger partial charge on any atom is 0.330 e. The Bertz CT molecular complexity index is 727. The number of nitrogens with one attached hydrogen (secondary N) is 1. The number of carbonyl (C=O) groups is 1. The Morgan fingerprint density at radius 2 is 1.94 bits per heavy atom. The van der Waals surface area contributed by atoms with Crippen LogP contribution >= 0.6 is 0 Å². The van der Waals surface area contributed by atoms with Crippen LogP contribution in [0.3, 0.4) is 0 Å². The van der Waals surface area contributed by atoms with Crippen LogP contribution in [0.15, 0.2) is 40.6 Å². The second-order valence-corrected chi connectivity index (χ2v) is 9.58. The van der Waals surface area contributed by atoms with Crippen LogP contribution in [-0.4, -0.2) is 40.8 Å². The zero-order chi connectivity index (χ0) is 26.1. The van der Waals surface area contributed by atoms with Gasteiger partial charge in [0, 0.05) is 0 Å². The van der Waals surface area contributed by atoms with Gasteiger partial charge in [-0.25, -0.2) is 9.79 Å². The maximum atomic E-state index is 11.7. The van der Waals surface area contributed by atoms with Crippen LogP contribution in [0.25, 0.3) is 0 Å². The molecule has 1 fully saturated rings. The monoisotopic (exact) mass is 492 g/mol. The molecule has 0 bridgehead atoms. The van der Waals surface area contributed by atoms with Crippen molar-refractivity contribution >= 4 is 11.9 Å². The first-order valence-corrected chi connectivity index (χ1v) is 13.2. The van der Waals surface area contributed by atoms with Gasteiger partial charge in [0.15, 0.2) is 5.96 Å². The molecule has 0 heterocycles. The summed E-state index contributed by atoms with van der Waals surface area (Å²) < 4.78 is 0. The maximum absolute atomic E-state index is 11.7. The van der Waals surface area contributed by atoms with Crippen molar-refractivity contribution < 1.29 is 19.8 Å². The summed E-state index contributed by atoms with van der Waals surface area (Å²) in [6, 6.07) is -0.993. The van der Waals surface area contributed by atoms with E-state index >= 15 is 0 Å². The summed E-state index contributed by atoms with van der Waals surface area (Å²) in [5.74, 6) is 5.87. The Morgan fingerprint density at radius 1 is 1.23 bits per heavy atom. The number of hydrogen-bond donors (Lipinski definition) is 5. The van der Waals surface area contributed by atoms with Gasteiger partial charge in [-0.1, -0.05) is 70.9 Å². The fraction of sp³-hybridized carbons (Fsp3) is 0.704. The van der Waals surface area contributed by atoms with Gasteiger partial charge in [0.05, 0.1) is 6.54 Å². The summed E-state index contributed by atoms with van der Waals surface area (Å²) in [6.45, 7) is 6.39. The van der Waals surface area contributed by atoms with Gasteiger partial charge in [0.1, 0.15) is 17.9 Å². The quantitative estimate of drug-likeness (QED) is 0.0530. The minimum Gasteiger partial charge on any atom is -0.479 e. The molecule has 8 nitrogen and oxygen atoms in total. The number of carboxylic acids is 1. The Kier molecular flexibility index (Phi) is 15.8. The van der Waals surface area contributed by atoms with Crippen molar-refractivity contribution in [1.82, 2.24) is 5.32 Å². The zero-order valence-corrected chi connectivity index (χ0v) is 21.9. The number of guanidine groups is 1. The number of aliphatic imine (C=N–C) groups is 1. The molecule has 1 saturated carbocycles. The summed E-state index contributed by atoms with van der Waals surface area (Å²) in [4.78, 5) is 20.8. The molecule has 0 radical (unpaired) electrons. The molecule has 0 aromatic heterocycles. The van der Waals surface area contributed by atoms with E-state index in [-0.39, 0.29) is 18.3 Å². The Balaban J connectivity index is 2.67. The molecule has 0 spiro atoms. The molecule has 1 rings (SSSR count). The molecule has 0 amide bonds. The molecule has 35 heavy (non-hydrogen) atoms. The van der Waals surface area contributed by atoms with E-state index in [2.05, 4.69) is 24.2 Å². The van der Waals surface area contributed by atoms with Gasteiger partial charge in [-0.15, -0.1) is 0 Å². The highest BCUT2D eigenvalue weighted by Crippen LogP contribution is 2.32. The first-order valence-electron chi connectivity index (χ1n) is 13.2. The normalized spacial score (nSPS) is 18.9. The first-order chi connectivity index (χ1) is 16.8. The van der Waals surface area contributed by atoms with E-state index in [9.17, 15) is 15.0 Å². The van der Waals surface area contributed by atoms with Gasteiger partial charge in [-0.3, -0.25) is 0 Å². The number of hydrogen-bond acceptors (Lipinski definition) is 5. The summed E-state index contributed by atoms with van der Waals surface area (Å²) in [6.07, 6.45) is 18.2. The van der Waals surface area contributed by atoms with Gasteiger partial charge in [-0.2, -0.15) is 5.90 Å². The van der Waals surface area contributed by atoms with Crippen molar-refractivity contribution in [1.29, 1.82) is 0 Å². The molecule has 0 aromatic rings. The average molecular weight is 493 g/mol. The highest BCUT2D eigenvalue weighted by Gasteiger charge is 2.22. The highest BCUT2D eigenvalue weighted by molar-refractivity contribution is 5.86. The Labute approximate surface area is 211 Å². The minimum absolute atomic E-state index is 0.00457. The molecule has 3 atom stereocenters. The number of aliphatic carboxylic acids is 1. The fourth-order valence-corrected chi connectivity index (χ4v) is 4.61. The average Bonchev–Trinajstić information content (AvgIpc) is 2.85. The standard InChI is InChI=1S/C27H48N4O4/c1-4-6-8-12-21(11-5-2)19-23(26(33)34)31-27(28)30-18-17-25(35-29)24(32)16-15-20(3)22-13-9-7-10-14-22/h5,11,17,19-20,22-24,32H,4,6-10,12-16,18,29H2,1-3H3,(H,33,34)(H3,28,30,31)/b11-5+,21-19+,25-17-. The lowest BCUT2D eigenvalue weighted by atomic mass is 9.79. The van der Waals surface area contributed by atoms with Gasteiger partial charge in [-0.05, 0) is 62.2 Å². The largest absolute Gasteiger partial charge is 0.479 e. The minimum atomic E-state index is -1.04. The van der Waals surface area contributed by atoms with Crippen LogP contribution < -0.4 is 16.9 Å². The van der Waals surface area contributed by atoms with Crippen LogP contribution in [0.5, 0.6) is 0 Å². The summed E-state index contributed by atoms with van der Waals surface area (Å²) in [5.41, 5.74) is 6.88. The van der Waals surface area contributed by atoms with E-state index in [1.54, 1.807) is 12.2 Å². The first kappa shape index (κ1) is 30.7. The van der Waals surface area contributed by atoms with Crippen molar-refractivity contribution in [3.63, 3.8) is 0 Å². The summed E-state index contributed by atoms with van der Waals surface area (Å²) in [5, 5.41) is 22.9. The van der Waals surface area contributed by atoms with Crippen LogP contribution in [-0.2, 0) is 9.63 Å². The lowest BCUT2D eigenvalue weighted by molar-refractivity contribution is -0.137.